The van der Waals surface area contributed by atoms with Crippen molar-refractivity contribution in [1.29, 1.82) is 0 Å². The highest BCUT2D eigenvalue weighted by atomic mass is 19.1. The van der Waals surface area contributed by atoms with E-state index in [1.165, 1.54) is 6.07 Å². The Morgan fingerprint density at radius 2 is 1.83 bits per heavy atom. The Bertz CT molecular complexity index is 1090. The first kappa shape index (κ1) is 26.1. The Hall–Kier alpha value is -3.00. The molecule has 3 atom stereocenters. The van der Waals surface area contributed by atoms with Gasteiger partial charge in [0.25, 0.3) is 0 Å². The monoisotopic (exact) mass is 495 g/mol. The minimum atomic E-state index is -1.13. The van der Waals surface area contributed by atoms with Crippen molar-refractivity contribution in [2.75, 3.05) is 25.5 Å². The molecule has 2 heterocycles. The predicted octanol–water partition coefficient (Wildman–Crippen LogP) is 4.31. The molecule has 36 heavy (non-hydrogen) atoms. The summed E-state index contributed by atoms with van der Waals surface area (Å²) < 4.78 is 14.4. The topological polar surface area (TPSA) is 91.6 Å². The third-order valence-corrected chi connectivity index (χ3v) is 8.23. The summed E-state index contributed by atoms with van der Waals surface area (Å²) in [5.74, 6) is -0.684. The Labute approximate surface area is 213 Å². The van der Waals surface area contributed by atoms with E-state index in [2.05, 4.69) is 5.32 Å². The van der Waals surface area contributed by atoms with Gasteiger partial charge in [-0.25, -0.2) is 9.37 Å². The normalized spacial score (nSPS) is 21.1. The highest BCUT2D eigenvalue weighted by Gasteiger charge is 2.50. The second-order valence-corrected chi connectivity index (χ2v) is 10.3. The first-order valence-electron chi connectivity index (χ1n) is 13.0. The number of likely N-dealkylation sites (N-methyl/N-ethyl adjacent to an activating group) is 1. The van der Waals surface area contributed by atoms with Crippen LogP contribution in [0.25, 0.3) is 0 Å². The molecular formula is C28H38FN5O2. The van der Waals surface area contributed by atoms with Crippen LogP contribution in [0.1, 0.15) is 63.6 Å². The van der Waals surface area contributed by atoms with Crippen molar-refractivity contribution in [2.24, 2.45) is 17.6 Å². The van der Waals surface area contributed by atoms with E-state index in [0.717, 1.165) is 50.6 Å². The maximum absolute atomic E-state index is 14.4. The quantitative estimate of drug-likeness (QED) is 0.569. The third kappa shape index (κ3) is 4.96. The number of halogens is 1. The van der Waals surface area contributed by atoms with Crippen LogP contribution >= 0.6 is 0 Å². The number of amides is 2. The second kappa shape index (κ2) is 10.9. The van der Waals surface area contributed by atoms with Gasteiger partial charge in [-0.3, -0.25) is 9.59 Å². The number of pyridine rings is 1. The fourth-order valence-corrected chi connectivity index (χ4v) is 6.00. The number of likely N-dealkylation sites (tertiary alicyclic amines) is 1. The predicted molar refractivity (Wildman–Crippen MR) is 139 cm³/mol. The van der Waals surface area contributed by atoms with E-state index >= 15 is 0 Å². The van der Waals surface area contributed by atoms with Crippen LogP contribution in [0.3, 0.4) is 0 Å². The third-order valence-electron chi connectivity index (χ3n) is 8.23. The molecule has 8 heteroatoms. The van der Waals surface area contributed by atoms with Crippen molar-refractivity contribution in [3.05, 3.63) is 54.0 Å². The first-order valence-corrected chi connectivity index (χ1v) is 13.0. The number of primary amides is 1. The molecule has 3 N–H and O–H groups in total. The van der Waals surface area contributed by atoms with Crippen molar-refractivity contribution in [2.45, 2.75) is 63.5 Å². The van der Waals surface area contributed by atoms with Crippen LogP contribution in [-0.4, -0.2) is 47.9 Å². The summed E-state index contributed by atoms with van der Waals surface area (Å²) in [6, 6.07) is 12.1. The zero-order valence-corrected chi connectivity index (χ0v) is 21.5. The molecular weight excluding hydrogens is 457 g/mol. The van der Waals surface area contributed by atoms with E-state index in [9.17, 15) is 14.0 Å². The van der Waals surface area contributed by atoms with Gasteiger partial charge in [0.15, 0.2) is 0 Å². The van der Waals surface area contributed by atoms with E-state index in [4.69, 9.17) is 10.7 Å². The van der Waals surface area contributed by atoms with Gasteiger partial charge in [-0.05, 0) is 69.8 Å². The van der Waals surface area contributed by atoms with Crippen molar-refractivity contribution >= 4 is 23.3 Å². The Balaban J connectivity index is 1.65. The SMILES string of the molecule is CNC(C)(C(N)=O)[C@@H](C(=O)N1CCC[C@@H]1c1cccc(N(C)c2ccccc2F)n1)C1CCCCC1. The van der Waals surface area contributed by atoms with Gasteiger partial charge in [0.05, 0.1) is 23.3 Å². The highest BCUT2D eigenvalue weighted by Crippen LogP contribution is 2.41. The number of rotatable bonds is 8. The average Bonchev–Trinajstić information content (AvgIpc) is 3.39. The van der Waals surface area contributed by atoms with Crippen LogP contribution in [0, 0.1) is 17.7 Å². The molecule has 7 nitrogen and oxygen atoms in total. The molecule has 2 amide bonds. The van der Waals surface area contributed by atoms with Crippen LogP contribution in [0.4, 0.5) is 15.9 Å². The van der Waals surface area contributed by atoms with Crippen LogP contribution in [0.5, 0.6) is 0 Å². The number of carbonyl (C=O) groups excluding carboxylic acids is 2. The van der Waals surface area contributed by atoms with Crippen molar-refractivity contribution in [3.8, 4) is 0 Å². The maximum atomic E-state index is 14.4. The minimum Gasteiger partial charge on any atom is -0.368 e. The molecule has 0 bridgehead atoms. The van der Waals surface area contributed by atoms with Crippen LogP contribution in [-0.2, 0) is 9.59 Å². The summed E-state index contributed by atoms with van der Waals surface area (Å²) in [7, 11) is 3.49. The van der Waals surface area contributed by atoms with Crippen LogP contribution < -0.4 is 16.0 Å². The van der Waals surface area contributed by atoms with Crippen molar-refractivity contribution < 1.29 is 14.0 Å². The van der Waals surface area contributed by atoms with Crippen molar-refractivity contribution in [3.63, 3.8) is 0 Å². The second-order valence-electron chi connectivity index (χ2n) is 10.3. The number of aromatic nitrogens is 1. The van der Waals surface area contributed by atoms with E-state index in [0.29, 0.717) is 18.1 Å². The molecule has 1 saturated carbocycles. The number of benzene rings is 1. The Morgan fingerprint density at radius 3 is 2.50 bits per heavy atom. The number of hydrogen-bond donors (Lipinski definition) is 2. The summed E-state index contributed by atoms with van der Waals surface area (Å²) in [5, 5.41) is 3.10. The number of para-hydroxylation sites is 1. The van der Waals surface area contributed by atoms with Gasteiger partial charge in [0, 0.05) is 13.6 Å². The molecule has 1 aliphatic carbocycles. The molecule has 0 spiro atoms. The van der Waals surface area contributed by atoms with E-state index in [1.807, 2.05) is 23.1 Å². The van der Waals surface area contributed by atoms with Gasteiger partial charge < -0.3 is 20.9 Å². The largest absolute Gasteiger partial charge is 0.368 e. The smallest absolute Gasteiger partial charge is 0.238 e. The molecule has 2 aliphatic rings. The summed E-state index contributed by atoms with van der Waals surface area (Å²) >= 11 is 0. The summed E-state index contributed by atoms with van der Waals surface area (Å²) in [5.41, 5.74) is 5.95. The number of nitrogens with two attached hydrogens (primary N) is 1. The molecule has 1 aromatic heterocycles. The Kier molecular flexibility index (Phi) is 7.93. The molecule has 1 unspecified atom stereocenters. The zero-order chi connectivity index (χ0) is 25.9. The number of nitrogens with zero attached hydrogens (tertiary/aromatic N) is 3. The van der Waals surface area contributed by atoms with Crippen LogP contribution in [0.2, 0.25) is 0 Å². The zero-order valence-electron chi connectivity index (χ0n) is 21.5. The lowest BCUT2D eigenvalue weighted by atomic mass is 9.69. The molecule has 1 saturated heterocycles. The van der Waals surface area contributed by atoms with Gasteiger partial charge in [-0.2, -0.15) is 0 Å². The fraction of sp³-hybridized carbons (Fsp3) is 0.536. The molecule has 2 fully saturated rings. The molecule has 2 aromatic rings. The molecule has 1 aromatic carbocycles. The first-order chi connectivity index (χ1) is 17.3. The van der Waals surface area contributed by atoms with Crippen molar-refractivity contribution in [1.82, 2.24) is 15.2 Å². The lowest BCUT2D eigenvalue weighted by molar-refractivity contribution is -0.147. The van der Waals surface area contributed by atoms with Crippen LogP contribution in [0.15, 0.2) is 42.5 Å². The molecule has 4 rings (SSSR count). The summed E-state index contributed by atoms with van der Waals surface area (Å²) in [6.07, 6.45) is 6.75. The van der Waals surface area contributed by atoms with Gasteiger partial charge in [0.2, 0.25) is 11.8 Å². The lowest BCUT2D eigenvalue weighted by Crippen LogP contribution is -2.63. The minimum absolute atomic E-state index is 0.0327. The van der Waals surface area contributed by atoms with E-state index < -0.39 is 17.4 Å². The fourth-order valence-electron chi connectivity index (χ4n) is 6.00. The summed E-state index contributed by atoms with van der Waals surface area (Å²) in [6.45, 7) is 2.38. The molecule has 1 aliphatic heterocycles. The molecule has 0 radical (unpaired) electrons. The maximum Gasteiger partial charge on any atom is 0.238 e. The number of hydrogen-bond acceptors (Lipinski definition) is 5. The Morgan fingerprint density at radius 1 is 1.11 bits per heavy atom. The lowest BCUT2D eigenvalue weighted by Gasteiger charge is -2.42. The van der Waals surface area contributed by atoms with Gasteiger partial charge in [-0.1, -0.05) is 37.5 Å². The van der Waals surface area contributed by atoms with Gasteiger partial charge in [-0.15, -0.1) is 0 Å². The van der Waals surface area contributed by atoms with E-state index in [1.54, 1.807) is 44.1 Å². The van der Waals surface area contributed by atoms with E-state index in [-0.39, 0.29) is 23.7 Å². The van der Waals surface area contributed by atoms with Gasteiger partial charge in [0.1, 0.15) is 17.2 Å². The standard InChI is InChI=1S/C28H38FN5O2/c1-28(31-2,27(30)36)25(19-11-5-4-6-12-19)26(35)34-18-10-16-23(34)21-14-9-17-24(32-21)33(3)22-15-8-7-13-20(22)29/h7-9,13-15,17,19,23,25,31H,4-6,10-12,16,18H2,1-3H3,(H2,30,36)/t23-,25-,28?/m1/s1. The average molecular weight is 496 g/mol. The van der Waals surface area contributed by atoms with Gasteiger partial charge >= 0.3 is 0 Å². The number of anilines is 2. The molecule has 194 valence electrons. The number of carbonyl (C=O) groups is 2. The number of nitrogens with one attached hydrogen (secondary N) is 1. The highest BCUT2D eigenvalue weighted by molar-refractivity contribution is 5.93. The summed E-state index contributed by atoms with van der Waals surface area (Å²) in [4.78, 5) is 35.3.